The highest BCUT2D eigenvalue weighted by atomic mass is 15.0. The van der Waals surface area contributed by atoms with Crippen molar-refractivity contribution in [3.05, 3.63) is 18.2 Å². The van der Waals surface area contributed by atoms with Crippen molar-refractivity contribution in [1.82, 2.24) is 9.55 Å². The fourth-order valence-corrected chi connectivity index (χ4v) is 2.79. The molecule has 1 aromatic heterocycles. The summed E-state index contributed by atoms with van der Waals surface area (Å²) < 4.78 is 2.08. The minimum atomic E-state index is -0.0367. The summed E-state index contributed by atoms with van der Waals surface area (Å²) in [6, 6.07) is 0. The number of aromatic nitrogens is 2. The van der Waals surface area contributed by atoms with Gasteiger partial charge in [-0.05, 0) is 31.1 Å². The zero-order valence-electron chi connectivity index (χ0n) is 10.6. The molecule has 1 aliphatic carbocycles. The van der Waals surface area contributed by atoms with Crippen LogP contribution in [0.5, 0.6) is 0 Å². The number of rotatable bonds is 2. The summed E-state index contributed by atoms with van der Waals surface area (Å²) in [5.74, 6) is 2.67. The van der Waals surface area contributed by atoms with Gasteiger partial charge < -0.3 is 10.3 Å². The van der Waals surface area contributed by atoms with Gasteiger partial charge in [0.1, 0.15) is 5.82 Å². The van der Waals surface area contributed by atoms with Gasteiger partial charge in [0, 0.05) is 31.4 Å². The molecule has 2 N–H and O–H groups in total. The second-order valence-corrected chi connectivity index (χ2v) is 5.69. The van der Waals surface area contributed by atoms with Crippen molar-refractivity contribution in [1.29, 1.82) is 0 Å². The monoisotopic (exact) mass is 221 g/mol. The van der Waals surface area contributed by atoms with E-state index in [-0.39, 0.29) is 5.54 Å². The van der Waals surface area contributed by atoms with Crippen molar-refractivity contribution >= 4 is 0 Å². The van der Waals surface area contributed by atoms with Gasteiger partial charge in [-0.2, -0.15) is 0 Å². The topological polar surface area (TPSA) is 43.8 Å². The zero-order chi connectivity index (χ0) is 11.8. The van der Waals surface area contributed by atoms with Crippen LogP contribution in [0, 0.1) is 11.8 Å². The fourth-order valence-electron chi connectivity index (χ4n) is 2.79. The molecular weight excluding hydrogens is 198 g/mol. The van der Waals surface area contributed by atoms with Gasteiger partial charge in [0.05, 0.1) is 0 Å². The Labute approximate surface area is 98.1 Å². The van der Waals surface area contributed by atoms with Crippen LogP contribution in [0.4, 0.5) is 0 Å². The lowest BCUT2D eigenvalue weighted by molar-refractivity contribution is 0.173. The number of imidazole rings is 1. The van der Waals surface area contributed by atoms with Crippen molar-refractivity contribution in [3.63, 3.8) is 0 Å². The van der Waals surface area contributed by atoms with Gasteiger partial charge in [-0.15, -0.1) is 0 Å². The molecule has 3 unspecified atom stereocenters. The standard InChI is InChI=1S/C13H23N3/c1-10-4-5-13(14,8-11(10)2)9-12-15-6-7-16(12)3/h6-7,10-11H,4-5,8-9,14H2,1-3H3. The van der Waals surface area contributed by atoms with Gasteiger partial charge in [0.2, 0.25) is 0 Å². The average molecular weight is 221 g/mol. The summed E-state index contributed by atoms with van der Waals surface area (Å²) in [4.78, 5) is 4.38. The molecule has 2 rings (SSSR count). The Balaban J connectivity index is 2.06. The fraction of sp³-hybridized carbons (Fsp3) is 0.769. The first kappa shape index (κ1) is 11.6. The summed E-state index contributed by atoms with van der Waals surface area (Å²) in [7, 11) is 2.04. The van der Waals surface area contributed by atoms with E-state index in [1.165, 1.54) is 6.42 Å². The quantitative estimate of drug-likeness (QED) is 0.831. The van der Waals surface area contributed by atoms with Gasteiger partial charge in [0.25, 0.3) is 0 Å². The molecule has 0 radical (unpaired) electrons. The van der Waals surface area contributed by atoms with Crippen LogP contribution in [0.1, 0.15) is 38.9 Å². The highest BCUT2D eigenvalue weighted by Crippen LogP contribution is 2.36. The van der Waals surface area contributed by atoms with Crippen LogP contribution >= 0.6 is 0 Å². The Kier molecular flexibility index (Phi) is 3.06. The molecule has 16 heavy (non-hydrogen) atoms. The predicted octanol–water partition coefficient (Wildman–Crippen LogP) is 2.12. The smallest absolute Gasteiger partial charge is 0.110 e. The Morgan fingerprint density at radius 1 is 1.50 bits per heavy atom. The molecule has 1 heterocycles. The van der Waals surface area contributed by atoms with Crippen molar-refractivity contribution in [2.45, 2.75) is 45.1 Å². The molecular formula is C13H23N3. The number of hydrogen-bond donors (Lipinski definition) is 1. The third kappa shape index (κ3) is 2.29. The van der Waals surface area contributed by atoms with Crippen LogP contribution in [0.25, 0.3) is 0 Å². The Bertz CT molecular complexity index is 358. The van der Waals surface area contributed by atoms with Crippen molar-refractivity contribution in [2.75, 3.05) is 0 Å². The van der Waals surface area contributed by atoms with Crippen LogP contribution in [-0.4, -0.2) is 15.1 Å². The van der Waals surface area contributed by atoms with Crippen LogP contribution in [0.15, 0.2) is 12.4 Å². The SMILES string of the molecule is CC1CCC(N)(Cc2nccn2C)CC1C. The lowest BCUT2D eigenvalue weighted by Gasteiger charge is -2.40. The van der Waals surface area contributed by atoms with Crippen molar-refractivity contribution in [2.24, 2.45) is 24.6 Å². The molecule has 3 nitrogen and oxygen atoms in total. The highest BCUT2D eigenvalue weighted by molar-refractivity contribution is 5.02. The van der Waals surface area contributed by atoms with Crippen LogP contribution < -0.4 is 5.73 Å². The zero-order valence-corrected chi connectivity index (χ0v) is 10.6. The number of aryl methyl sites for hydroxylation is 1. The van der Waals surface area contributed by atoms with E-state index in [0.717, 1.165) is 36.9 Å². The second-order valence-electron chi connectivity index (χ2n) is 5.69. The third-order valence-electron chi connectivity index (χ3n) is 4.23. The first-order valence-corrected chi connectivity index (χ1v) is 6.25. The van der Waals surface area contributed by atoms with E-state index < -0.39 is 0 Å². The predicted molar refractivity (Wildman–Crippen MR) is 66.0 cm³/mol. The van der Waals surface area contributed by atoms with E-state index in [9.17, 15) is 0 Å². The maximum Gasteiger partial charge on any atom is 0.110 e. The van der Waals surface area contributed by atoms with Crippen LogP contribution in [0.3, 0.4) is 0 Å². The molecule has 0 aliphatic heterocycles. The number of hydrogen-bond acceptors (Lipinski definition) is 2. The largest absolute Gasteiger partial charge is 0.338 e. The van der Waals surface area contributed by atoms with Crippen LogP contribution in [-0.2, 0) is 13.5 Å². The molecule has 0 bridgehead atoms. The third-order valence-corrected chi connectivity index (χ3v) is 4.23. The van der Waals surface area contributed by atoms with Gasteiger partial charge in [-0.25, -0.2) is 4.98 Å². The minimum absolute atomic E-state index is 0.0367. The Hall–Kier alpha value is -0.830. The van der Waals surface area contributed by atoms with Crippen molar-refractivity contribution < 1.29 is 0 Å². The summed E-state index contributed by atoms with van der Waals surface area (Å²) in [6.07, 6.45) is 8.27. The van der Waals surface area contributed by atoms with Crippen LogP contribution in [0.2, 0.25) is 0 Å². The molecule has 3 atom stereocenters. The summed E-state index contributed by atoms with van der Waals surface area (Å²) in [5.41, 5.74) is 6.48. The Morgan fingerprint density at radius 2 is 2.25 bits per heavy atom. The van der Waals surface area contributed by atoms with E-state index in [1.807, 2.05) is 19.4 Å². The normalized spacial score (nSPS) is 35.2. The molecule has 1 saturated carbocycles. The molecule has 1 aromatic rings. The minimum Gasteiger partial charge on any atom is -0.338 e. The van der Waals surface area contributed by atoms with Crippen molar-refractivity contribution in [3.8, 4) is 0 Å². The maximum absolute atomic E-state index is 6.52. The van der Waals surface area contributed by atoms with Gasteiger partial charge in [-0.3, -0.25) is 0 Å². The Morgan fingerprint density at radius 3 is 2.81 bits per heavy atom. The van der Waals surface area contributed by atoms with Gasteiger partial charge in [-0.1, -0.05) is 13.8 Å². The lowest BCUT2D eigenvalue weighted by Crippen LogP contribution is -2.48. The summed E-state index contributed by atoms with van der Waals surface area (Å²) in [5, 5.41) is 0. The van der Waals surface area contributed by atoms with E-state index in [0.29, 0.717) is 0 Å². The number of nitrogens with two attached hydrogens (primary N) is 1. The van der Waals surface area contributed by atoms with E-state index in [4.69, 9.17) is 5.73 Å². The lowest BCUT2D eigenvalue weighted by atomic mass is 9.70. The first-order valence-electron chi connectivity index (χ1n) is 6.25. The average Bonchev–Trinajstić information content (AvgIpc) is 2.59. The molecule has 0 saturated heterocycles. The molecule has 0 amide bonds. The van der Waals surface area contributed by atoms with E-state index in [1.54, 1.807) is 0 Å². The number of nitrogens with zero attached hydrogens (tertiary/aromatic N) is 2. The molecule has 1 aliphatic rings. The van der Waals surface area contributed by atoms with Gasteiger partial charge >= 0.3 is 0 Å². The highest BCUT2D eigenvalue weighted by Gasteiger charge is 2.35. The van der Waals surface area contributed by atoms with E-state index in [2.05, 4.69) is 23.4 Å². The second kappa shape index (κ2) is 4.21. The maximum atomic E-state index is 6.52. The molecule has 3 heteroatoms. The molecule has 0 spiro atoms. The van der Waals surface area contributed by atoms with Gasteiger partial charge in [0.15, 0.2) is 0 Å². The first-order chi connectivity index (χ1) is 7.50. The molecule has 90 valence electrons. The summed E-state index contributed by atoms with van der Waals surface area (Å²) >= 11 is 0. The summed E-state index contributed by atoms with van der Waals surface area (Å²) in [6.45, 7) is 4.66. The van der Waals surface area contributed by atoms with E-state index >= 15 is 0 Å². The molecule has 0 aromatic carbocycles. The molecule has 1 fully saturated rings.